The first-order chi connectivity index (χ1) is 12.6. The third-order valence-corrected chi connectivity index (χ3v) is 6.24. The summed E-state index contributed by atoms with van der Waals surface area (Å²) in [4.78, 5) is 15.2. The van der Waals surface area contributed by atoms with Crippen LogP contribution in [0.5, 0.6) is 5.75 Å². The highest BCUT2D eigenvalue weighted by Gasteiger charge is 2.47. The third kappa shape index (κ3) is 3.47. The maximum atomic E-state index is 11.0. The lowest BCUT2D eigenvalue weighted by molar-refractivity contribution is -0.0811. The number of carbonyl (C=O) groups is 1. The van der Waals surface area contributed by atoms with Gasteiger partial charge in [0.15, 0.2) is 5.69 Å². The molecule has 1 aliphatic carbocycles. The van der Waals surface area contributed by atoms with Crippen LogP contribution in [0.25, 0.3) is 0 Å². The van der Waals surface area contributed by atoms with Crippen molar-refractivity contribution in [3.05, 3.63) is 46.4 Å². The fourth-order valence-corrected chi connectivity index (χ4v) is 4.85. The number of ether oxygens (including phenoxy) is 2. The monoisotopic (exact) mass is 375 g/mol. The van der Waals surface area contributed by atoms with E-state index in [1.54, 1.807) is 5.38 Å². The number of nitrogens with zero attached hydrogens (tertiary/aromatic N) is 1. The van der Waals surface area contributed by atoms with Gasteiger partial charge >= 0.3 is 5.97 Å². The summed E-state index contributed by atoms with van der Waals surface area (Å²) in [5, 5.41) is 21.8. The summed E-state index contributed by atoms with van der Waals surface area (Å²) in [5.41, 5.74) is 0.0660. The van der Waals surface area contributed by atoms with Crippen LogP contribution in [0.1, 0.15) is 40.9 Å². The van der Waals surface area contributed by atoms with Gasteiger partial charge in [-0.3, -0.25) is 0 Å². The van der Waals surface area contributed by atoms with Gasteiger partial charge in [-0.05, 0) is 30.9 Å². The van der Waals surface area contributed by atoms with Gasteiger partial charge in [0.1, 0.15) is 16.9 Å². The zero-order valence-electron chi connectivity index (χ0n) is 14.2. The molecule has 26 heavy (non-hydrogen) atoms. The van der Waals surface area contributed by atoms with Gasteiger partial charge < -0.3 is 19.7 Å². The summed E-state index contributed by atoms with van der Waals surface area (Å²) in [6.45, 7) is 0.473. The molecule has 1 saturated heterocycles. The van der Waals surface area contributed by atoms with Crippen molar-refractivity contribution in [3.63, 3.8) is 0 Å². The van der Waals surface area contributed by atoms with E-state index in [-0.39, 0.29) is 29.7 Å². The first-order valence-corrected chi connectivity index (χ1v) is 9.70. The number of thiazole rings is 1. The minimum Gasteiger partial charge on any atom is -0.493 e. The molecule has 7 heteroatoms. The van der Waals surface area contributed by atoms with Crippen LogP contribution in [0.15, 0.2) is 35.7 Å². The molecule has 138 valence electrons. The van der Waals surface area contributed by atoms with E-state index in [1.165, 1.54) is 11.3 Å². The Balaban J connectivity index is 1.39. The Bertz CT molecular complexity index is 764. The van der Waals surface area contributed by atoms with E-state index in [4.69, 9.17) is 14.6 Å². The smallest absolute Gasteiger partial charge is 0.355 e. The first kappa shape index (κ1) is 17.5. The second kappa shape index (κ2) is 7.34. The summed E-state index contributed by atoms with van der Waals surface area (Å²) in [6.07, 6.45) is 1.61. The number of hydrogen-bond acceptors (Lipinski definition) is 6. The van der Waals surface area contributed by atoms with Gasteiger partial charge in [0.25, 0.3) is 0 Å². The zero-order valence-corrected chi connectivity index (χ0v) is 15.0. The predicted octanol–water partition coefficient (Wildman–Crippen LogP) is 3.14. The molecule has 2 aromatic rings. The second-order valence-electron chi connectivity index (χ2n) is 6.87. The number of aliphatic hydroxyl groups excluding tert-OH is 1. The van der Waals surface area contributed by atoms with Crippen molar-refractivity contribution in [2.24, 2.45) is 11.8 Å². The fourth-order valence-electron chi connectivity index (χ4n) is 3.99. The van der Waals surface area contributed by atoms with E-state index >= 15 is 0 Å². The molecule has 2 heterocycles. The Kier molecular flexibility index (Phi) is 4.93. The molecule has 0 radical (unpaired) electrons. The number of benzene rings is 1. The highest BCUT2D eigenvalue weighted by Crippen LogP contribution is 2.46. The molecule has 5 atom stereocenters. The molecule has 0 spiro atoms. The normalized spacial score (nSPS) is 30.7. The molecule has 1 unspecified atom stereocenters. The third-order valence-electron chi connectivity index (χ3n) is 5.30. The molecule has 0 bridgehead atoms. The van der Waals surface area contributed by atoms with Crippen LogP contribution in [-0.4, -0.2) is 40.0 Å². The number of carboxylic acids is 1. The van der Waals surface area contributed by atoms with E-state index in [0.29, 0.717) is 18.0 Å². The van der Waals surface area contributed by atoms with E-state index in [2.05, 4.69) is 4.98 Å². The van der Waals surface area contributed by atoms with Crippen molar-refractivity contribution in [1.29, 1.82) is 0 Å². The molecule has 0 amide bonds. The largest absolute Gasteiger partial charge is 0.493 e. The van der Waals surface area contributed by atoms with Gasteiger partial charge in [-0.2, -0.15) is 0 Å². The highest BCUT2D eigenvalue weighted by atomic mass is 32.1. The molecular weight excluding hydrogens is 354 g/mol. The maximum absolute atomic E-state index is 11.0. The van der Waals surface area contributed by atoms with E-state index in [1.807, 2.05) is 30.3 Å². The number of rotatable bonds is 5. The number of aromatic nitrogens is 1. The molecule has 4 rings (SSSR count). The molecule has 1 saturated carbocycles. The summed E-state index contributed by atoms with van der Waals surface area (Å²) in [6, 6.07) is 9.62. The van der Waals surface area contributed by atoms with E-state index in [9.17, 15) is 9.90 Å². The molecule has 2 fully saturated rings. The van der Waals surface area contributed by atoms with Crippen LogP contribution >= 0.6 is 11.3 Å². The molecule has 1 aromatic heterocycles. The SMILES string of the molecule is O=C(O)c1csc([C@H]2CCC3[C@H](C[C@@H](O)[C@@H]3COc3ccccc3)O2)n1. The highest BCUT2D eigenvalue weighted by molar-refractivity contribution is 7.09. The predicted molar refractivity (Wildman–Crippen MR) is 95.5 cm³/mol. The number of hydrogen-bond donors (Lipinski definition) is 2. The van der Waals surface area contributed by atoms with Crippen molar-refractivity contribution in [3.8, 4) is 5.75 Å². The Hall–Kier alpha value is -1.96. The van der Waals surface area contributed by atoms with Gasteiger partial charge in [-0.1, -0.05) is 18.2 Å². The molecule has 2 N–H and O–H groups in total. The molecule has 2 aliphatic rings. The molecule has 6 nitrogen and oxygen atoms in total. The number of fused-ring (bicyclic) bond motifs is 1. The number of carboxylic acid groups (broad SMARTS) is 1. The van der Waals surface area contributed by atoms with Gasteiger partial charge in [0.05, 0.1) is 18.8 Å². The van der Waals surface area contributed by atoms with Crippen molar-refractivity contribution in [2.75, 3.05) is 6.61 Å². The number of para-hydroxylation sites is 1. The van der Waals surface area contributed by atoms with Crippen LogP contribution in [0, 0.1) is 11.8 Å². The van der Waals surface area contributed by atoms with Crippen LogP contribution in [0.2, 0.25) is 0 Å². The lowest BCUT2D eigenvalue weighted by Gasteiger charge is -2.33. The summed E-state index contributed by atoms with van der Waals surface area (Å²) in [5.74, 6) is 0.0910. The average molecular weight is 375 g/mol. The number of aliphatic hydroxyl groups is 1. The fraction of sp³-hybridized carbons (Fsp3) is 0.474. The van der Waals surface area contributed by atoms with Gasteiger partial charge in [0, 0.05) is 17.7 Å². The van der Waals surface area contributed by atoms with Gasteiger partial charge in [-0.25, -0.2) is 9.78 Å². The lowest BCUT2D eigenvalue weighted by atomic mass is 9.87. The van der Waals surface area contributed by atoms with Crippen LogP contribution in [0.3, 0.4) is 0 Å². The van der Waals surface area contributed by atoms with Crippen LogP contribution in [-0.2, 0) is 4.74 Å². The Morgan fingerprint density at radius 3 is 2.85 bits per heavy atom. The average Bonchev–Trinajstić information content (AvgIpc) is 3.25. The maximum Gasteiger partial charge on any atom is 0.355 e. The van der Waals surface area contributed by atoms with Crippen LogP contribution in [0.4, 0.5) is 0 Å². The van der Waals surface area contributed by atoms with E-state index < -0.39 is 12.1 Å². The van der Waals surface area contributed by atoms with E-state index in [0.717, 1.165) is 18.6 Å². The lowest BCUT2D eigenvalue weighted by Crippen LogP contribution is -2.33. The minimum absolute atomic E-state index is 0.0368. The zero-order chi connectivity index (χ0) is 18.1. The second-order valence-corrected chi connectivity index (χ2v) is 7.76. The Morgan fingerprint density at radius 1 is 1.31 bits per heavy atom. The van der Waals surface area contributed by atoms with Crippen molar-refractivity contribution < 1.29 is 24.5 Å². The summed E-state index contributed by atoms with van der Waals surface area (Å²) in [7, 11) is 0. The van der Waals surface area contributed by atoms with Gasteiger partial charge in [-0.15, -0.1) is 11.3 Å². The Morgan fingerprint density at radius 2 is 2.12 bits per heavy atom. The number of aromatic carboxylic acids is 1. The van der Waals surface area contributed by atoms with Gasteiger partial charge in [0.2, 0.25) is 0 Å². The molecule has 1 aliphatic heterocycles. The topological polar surface area (TPSA) is 88.9 Å². The minimum atomic E-state index is -1.02. The van der Waals surface area contributed by atoms with Crippen molar-refractivity contribution in [1.82, 2.24) is 4.98 Å². The Labute approximate surface area is 155 Å². The summed E-state index contributed by atoms with van der Waals surface area (Å²) >= 11 is 1.32. The quantitative estimate of drug-likeness (QED) is 0.835. The van der Waals surface area contributed by atoms with Crippen LogP contribution < -0.4 is 4.74 Å². The standard InChI is InChI=1S/C19H21NO5S/c21-15-8-17-12(13(15)9-24-11-4-2-1-3-5-11)6-7-16(25-17)18-20-14(10-26-18)19(22)23/h1-5,10,12-13,15-17,21H,6-9H2,(H,22,23)/t12?,13-,15-,16-,17+/m1/s1. The first-order valence-electron chi connectivity index (χ1n) is 8.82. The van der Waals surface area contributed by atoms with Crippen molar-refractivity contribution >= 4 is 17.3 Å². The van der Waals surface area contributed by atoms with Crippen molar-refractivity contribution in [2.45, 2.75) is 37.6 Å². The molecular formula is C19H21NO5S. The molecule has 1 aromatic carbocycles. The summed E-state index contributed by atoms with van der Waals surface area (Å²) < 4.78 is 12.0.